The molecule has 0 radical (unpaired) electrons. The zero-order chi connectivity index (χ0) is 13.1. The molecule has 1 N–H and O–H groups in total. The number of rotatable bonds is 4. The van der Waals surface area contributed by atoms with Gasteiger partial charge < -0.3 is 5.32 Å². The molecule has 0 saturated carbocycles. The summed E-state index contributed by atoms with van der Waals surface area (Å²) in [7, 11) is 1.68. The third-order valence-electron chi connectivity index (χ3n) is 2.40. The van der Waals surface area contributed by atoms with Crippen molar-refractivity contribution >= 4 is 38.5 Å². The largest absolute Gasteiger partial charge is 0.389 e. The molecule has 0 aliphatic heterocycles. The molecule has 1 atom stereocenters. The first-order chi connectivity index (χ1) is 7.83. The molecule has 0 amide bonds. The lowest BCUT2D eigenvalue weighted by Crippen LogP contribution is -2.20. The van der Waals surface area contributed by atoms with Gasteiger partial charge in [0.15, 0.2) is 0 Å². The fourth-order valence-electron chi connectivity index (χ4n) is 1.54. The molecule has 0 aromatic heterocycles. The third kappa shape index (κ3) is 5.13. The van der Waals surface area contributed by atoms with Crippen molar-refractivity contribution in [3.8, 4) is 0 Å². The van der Waals surface area contributed by atoms with E-state index in [2.05, 4.69) is 43.8 Å². The highest BCUT2D eigenvalue weighted by atomic mass is 127. The zero-order valence-corrected chi connectivity index (χ0v) is 12.9. The molecule has 0 saturated heterocycles. The average molecular weight is 422 g/mol. The monoisotopic (exact) mass is 421 g/mol. The number of nitrogens with one attached hydrogen (secondary N) is 1. The first-order valence-electron chi connectivity index (χ1n) is 5.02. The second kappa shape index (κ2) is 6.38. The molecule has 17 heavy (non-hydrogen) atoms. The van der Waals surface area contributed by atoms with Crippen LogP contribution < -0.4 is 5.32 Å². The number of hydrogen-bond acceptors (Lipinski definition) is 1. The number of alkyl halides is 3. The van der Waals surface area contributed by atoms with Crippen molar-refractivity contribution in [3.05, 3.63) is 31.8 Å². The summed E-state index contributed by atoms with van der Waals surface area (Å²) >= 11 is 5.47. The summed E-state index contributed by atoms with van der Waals surface area (Å²) < 4.78 is 38.5. The summed E-state index contributed by atoms with van der Waals surface area (Å²) in [5.41, 5.74) is 0.895. The van der Waals surface area contributed by atoms with Crippen molar-refractivity contribution in [1.82, 2.24) is 5.32 Å². The van der Waals surface area contributed by atoms with Crippen molar-refractivity contribution < 1.29 is 13.2 Å². The molecular formula is C11H12BrF3IN. The quantitative estimate of drug-likeness (QED) is 0.697. The van der Waals surface area contributed by atoms with E-state index in [0.29, 0.717) is 0 Å². The predicted molar refractivity (Wildman–Crippen MR) is 73.9 cm³/mol. The van der Waals surface area contributed by atoms with Crippen molar-refractivity contribution in [2.75, 3.05) is 7.05 Å². The maximum absolute atomic E-state index is 12.2. The number of benzene rings is 1. The molecule has 0 aliphatic rings. The Balaban J connectivity index is 2.82. The molecule has 96 valence electrons. The Morgan fingerprint density at radius 2 is 2.06 bits per heavy atom. The van der Waals surface area contributed by atoms with Gasteiger partial charge in [-0.05, 0) is 59.8 Å². The van der Waals surface area contributed by atoms with Crippen molar-refractivity contribution in [1.29, 1.82) is 0 Å². The second-order valence-corrected chi connectivity index (χ2v) is 5.74. The van der Waals surface area contributed by atoms with Gasteiger partial charge in [-0.1, -0.05) is 15.9 Å². The maximum Gasteiger partial charge on any atom is 0.389 e. The molecule has 1 unspecified atom stereocenters. The van der Waals surface area contributed by atoms with E-state index in [4.69, 9.17) is 0 Å². The van der Waals surface area contributed by atoms with Crippen LogP contribution in [0.5, 0.6) is 0 Å². The molecule has 1 nitrogen and oxygen atoms in total. The fourth-order valence-corrected chi connectivity index (χ4v) is 2.64. The lowest BCUT2D eigenvalue weighted by Gasteiger charge is -2.19. The van der Waals surface area contributed by atoms with Crippen LogP contribution in [0.3, 0.4) is 0 Å². The molecule has 0 bridgehead atoms. The first kappa shape index (κ1) is 15.2. The van der Waals surface area contributed by atoms with Gasteiger partial charge in [0.2, 0.25) is 0 Å². The molecule has 1 aromatic rings. The molecule has 0 aliphatic carbocycles. The summed E-state index contributed by atoms with van der Waals surface area (Å²) in [4.78, 5) is 0. The lowest BCUT2D eigenvalue weighted by atomic mass is 10.0. The van der Waals surface area contributed by atoms with E-state index in [1.54, 1.807) is 7.05 Å². The van der Waals surface area contributed by atoms with Gasteiger partial charge in [0.25, 0.3) is 0 Å². The minimum absolute atomic E-state index is 0.0481. The summed E-state index contributed by atoms with van der Waals surface area (Å²) in [6.45, 7) is 0. The summed E-state index contributed by atoms with van der Waals surface area (Å²) in [6, 6.07) is 5.35. The van der Waals surface area contributed by atoms with E-state index >= 15 is 0 Å². The van der Waals surface area contributed by atoms with Crippen molar-refractivity contribution in [3.63, 3.8) is 0 Å². The number of hydrogen-bond donors (Lipinski definition) is 1. The van der Waals surface area contributed by atoms with Crippen LogP contribution in [-0.2, 0) is 0 Å². The normalized spacial score (nSPS) is 13.8. The van der Waals surface area contributed by atoms with Crippen LogP contribution in [0.4, 0.5) is 13.2 Å². The standard InChI is InChI=1S/C11H12BrF3IN/c1-17-10(4-5-11(13,14)15)8-6-7(12)2-3-9(8)16/h2-3,6,10,17H,4-5H2,1H3. The molecule has 1 rings (SSSR count). The smallest absolute Gasteiger partial charge is 0.313 e. The van der Waals surface area contributed by atoms with Gasteiger partial charge in [0.1, 0.15) is 0 Å². The highest BCUT2D eigenvalue weighted by molar-refractivity contribution is 14.1. The Hall–Kier alpha value is 0.180. The summed E-state index contributed by atoms with van der Waals surface area (Å²) in [5.74, 6) is 0. The lowest BCUT2D eigenvalue weighted by molar-refractivity contribution is -0.136. The van der Waals surface area contributed by atoms with Gasteiger partial charge in [-0.15, -0.1) is 0 Å². The van der Waals surface area contributed by atoms with E-state index in [0.717, 1.165) is 13.6 Å². The Bertz CT molecular complexity index is 381. The van der Waals surface area contributed by atoms with Crippen molar-refractivity contribution in [2.24, 2.45) is 0 Å². The topological polar surface area (TPSA) is 12.0 Å². The molecule has 1 aromatic carbocycles. The van der Waals surface area contributed by atoms with Gasteiger partial charge in [-0.25, -0.2) is 0 Å². The number of halogens is 5. The van der Waals surface area contributed by atoms with Crippen LogP contribution in [0.1, 0.15) is 24.4 Å². The van der Waals surface area contributed by atoms with E-state index in [1.165, 1.54) is 0 Å². The van der Waals surface area contributed by atoms with Gasteiger partial charge in [-0.3, -0.25) is 0 Å². The van der Waals surface area contributed by atoms with Crippen LogP contribution in [-0.4, -0.2) is 13.2 Å². The predicted octanol–water partition coefficient (Wildman–Crippen LogP) is 4.66. The molecule has 0 spiro atoms. The van der Waals surface area contributed by atoms with Crippen LogP contribution in [0.25, 0.3) is 0 Å². The summed E-state index contributed by atoms with van der Waals surface area (Å²) in [6.07, 6.45) is -4.83. The second-order valence-electron chi connectivity index (χ2n) is 3.66. The van der Waals surface area contributed by atoms with Crippen LogP contribution >= 0.6 is 38.5 Å². The van der Waals surface area contributed by atoms with E-state index < -0.39 is 12.6 Å². The Morgan fingerprint density at radius 3 is 2.59 bits per heavy atom. The van der Waals surface area contributed by atoms with Crippen LogP contribution in [0, 0.1) is 3.57 Å². The molecule has 0 heterocycles. The van der Waals surface area contributed by atoms with Gasteiger partial charge >= 0.3 is 6.18 Å². The SMILES string of the molecule is CNC(CCC(F)(F)F)c1cc(Br)ccc1I. The van der Waals surface area contributed by atoms with E-state index in [9.17, 15) is 13.2 Å². The van der Waals surface area contributed by atoms with Crippen molar-refractivity contribution in [2.45, 2.75) is 25.1 Å². The maximum atomic E-state index is 12.2. The van der Waals surface area contributed by atoms with Gasteiger partial charge in [0.05, 0.1) is 0 Å². The van der Waals surface area contributed by atoms with Gasteiger partial charge in [0, 0.05) is 20.5 Å². The summed E-state index contributed by atoms with van der Waals surface area (Å²) in [5, 5.41) is 2.93. The molecule has 6 heteroatoms. The molecular weight excluding hydrogens is 410 g/mol. The average Bonchev–Trinajstić information content (AvgIpc) is 2.22. The third-order valence-corrected chi connectivity index (χ3v) is 3.87. The minimum Gasteiger partial charge on any atom is -0.313 e. The van der Waals surface area contributed by atoms with Crippen LogP contribution in [0.2, 0.25) is 0 Å². The Morgan fingerprint density at radius 1 is 1.41 bits per heavy atom. The van der Waals surface area contributed by atoms with E-state index in [1.807, 2.05) is 18.2 Å². The Labute approximate surface area is 120 Å². The highest BCUT2D eigenvalue weighted by Crippen LogP contribution is 2.30. The first-order valence-corrected chi connectivity index (χ1v) is 6.89. The van der Waals surface area contributed by atoms with E-state index in [-0.39, 0.29) is 12.5 Å². The molecule has 0 fully saturated rings. The minimum atomic E-state index is -4.10. The Kier molecular flexibility index (Phi) is 5.72. The zero-order valence-electron chi connectivity index (χ0n) is 9.11. The van der Waals surface area contributed by atoms with Gasteiger partial charge in [-0.2, -0.15) is 13.2 Å². The fraction of sp³-hybridized carbons (Fsp3) is 0.455. The highest BCUT2D eigenvalue weighted by Gasteiger charge is 2.28. The van der Waals surface area contributed by atoms with Crippen LogP contribution in [0.15, 0.2) is 22.7 Å².